The molecule has 2 aromatic carbocycles. The first-order valence-corrected chi connectivity index (χ1v) is 13.3. The monoisotopic (exact) mass is 495 g/mol. The molecule has 1 saturated heterocycles. The highest BCUT2D eigenvalue weighted by Gasteiger charge is 2.35. The number of aromatic nitrogens is 2. The van der Waals surface area contributed by atoms with Crippen LogP contribution < -0.4 is 4.90 Å². The van der Waals surface area contributed by atoms with Crippen molar-refractivity contribution < 1.29 is 13.2 Å². The van der Waals surface area contributed by atoms with Crippen molar-refractivity contribution in [1.82, 2.24) is 19.0 Å². The Kier molecular flexibility index (Phi) is 7.28. The second kappa shape index (κ2) is 10.2. The van der Waals surface area contributed by atoms with Crippen LogP contribution in [-0.2, 0) is 23.1 Å². The number of sulfonamides is 1. The van der Waals surface area contributed by atoms with E-state index >= 15 is 0 Å². The highest BCUT2D eigenvalue weighted by Crippen LogP contribution is 2.27. The molecule has 0 radical (unpaired) electrons. The minimum Gasteiger partial charge on any atom is -0.369 e. The zero-order valence-electron chi connectivity index (χ0n) is 20.8. The molecule has 4 rings (SSSR count). The van der Waals surface area contributed by atoms with E-state index in [-0.39, 0.29) is 16.5 Å². The number of amides is 1. The van der Waals surface area contributed by atoms with Crippen molar-refractivity contribution in [3.63, 3.8) is 0 Å². The van der Waals surface area contributed by atoms with Gasteiger partial charge in [-0.25, -0.2) is 8.42 Å². The lowest BCUT2D eigenvalue weighted by Gasteiger charge is -2.36. The highest BCUT2D eigenvalue weighted by molar-refractivity contribution is 7.89. The number of hydrogen-bond acceptors (Lipinski definition) is 5. The number of aryl methyl sites for hydroxylation is 2. The topological polar surface area (TPSA) is 78.8 Å². The van der Waals surface area contributed by atoms with Crippen LogP contribution in [0.5, 0.6) is 0 Å². The summed E-state index contributed by atoms with van der Waals surface area (Å²) in [6, 6.07) is 15.8. The lowest BCUT2D eigenvalue weighted by atomic mass is 10.1. The van der Waals surface area contributed by atoms with Gasteiger partial charge in [-0.2, -0.15) is 9.40 Å². The summed E-state index contributed by atoms with van der Waals surface area (Å²) in [4.78, 5) is 17.1. The van der Waals surface area contributed by atoms with Gasteiger partial charge in [0.2, 0.25) is 5.03 Å². The van der Waals surface area contributed by atoms with Crippen molar-refractivity contribution in [3.05, 3.63) is 77.0 Å². The van der Waals surface area contributed by atoms with Gasteiger partial charge in [-0.3, -0.25) is 9.48 Å². The fourth-order valence-corrected chi connectivity index (χ4v) is 5.92. The molecule has 9 heteroatoms. The number of benzene rings is 2. The van der Waals surface area contributed by atoms with Crippen molar-refractivity contribution in [3.8, 4) is 0 Å². The smallest absolute Gasteiger partial charge is 0.263 e. The van der Waals surface area contributed by atoms with Crippen LogP contribution in [0.15, 0.2) is 59.8 Å². The summed E-state index contributed by atoms with van der Waals surface area (Å²) in [7, 11) is -2.25. The molecule has 1 aromatic heterocycles. The van der Waals surface area contributed by atoms with E-state index in [4.69, 9.17) is 0 Å². The maximum atomic E-state index is 13.6. The number of carbonyl (C=O) groups excluding carboxylic acids is 1. The Hall–Kier alpha value is -3.17. The van der Waals surface area contributed by atoms with Crippen molar-refractivity contribution >= 4 is 21.6 Å². The number of rotatable bonds is 7. The zero-order valence-corrected chi connectivity index (χ0v) is 21.6. The minimum absolute atomic E-state index is 0.113. The van der Waals surface area contributed by atoms with Crippen LogP contribution in [0.1, 0.15) is 34.0 Å². The van der Waals surface area contributed by atoms with E-state index in [2.05, 4.69) is 36.0 Å². The van der Waals surface area contributed by atoms with Crippen molar-refractivity contribution in [2.75, 3.05) is 38.1 Å². The Bertz CT molecular complexity index is 1300. The first-order valence-electron chi connectivity index (χ1n) is 11.9. The van der Waals surface area contributed by atoms with Crippen LogP contribution >= 0.6 is 0 Å². The Morgan fingerprint density at radius 2 is 1.69 bits per heavy atom. The van der Waals surface area contributed by atoms with Crippen molar-refractivity contribution in [2.24, 2.45) is 0 Å². The first-order chi connectivity index (χ1) is 16.7. The van der Waals surface area contributed by atoms with Gasteiger partial charge in [0.15, 0.2) is 0 Å². The lowest BCUT2D eigenvalue weighted by Crippen LogP contribution is -2.49. The summed E-state index contributed by atoms with van der Waals surface area (Å²) in [6.45, 7) is 8.72. The Balaban J connectivity index is 1.55. The largest absolute Gasteiger partial charge is 0.369 e. The molecule has 0 saturated carbocycles. The molecule has 0 aliphatic carbocycles. The van der Waals surface area contributed by atoms with Gasteiger partial charge in [-0.05, 0) is 43.5 Å². The van der Waals surface area contributed by atoms with Gasteiger partial charge in [0.1, 0.15) is 0 Å². The molecule has 0 spiro atoms. The molecule has 1 fully saturated rings. The summed E-state index contributed by atoms with van der Waals surface area (Å²) < 4.78 is 30.3. The van der Waals surface area contributed by atoms with Crippen molar-refractivity contribution in [1.29, 1.82) is 0 Å². The molecule has 1 aliphatic rings. The van der Waals surface area contributed by atoms with Crippen LogP contribution in [-0.4, -0.2) is 66.5 Å². The highest BCUT2D eigenvalue weighted by atomic mass is 32.2. The third-order valence-corrected chi connectivity index (χ3v) is 8.47. The van der Waals surface area contributed by atoms with E-state index in [1.165, 1.54) is 25.0 Å². The van der Waals surface area contributed by atoms with E-state index < -0.39 is 10.0 Å². The standard InChI is InChI=1S/C26H33N5O3S/c1-5-30-19-23(26(32)28(4)18-22-11-7-6-8-12-22)25(27-30)35(33,34)31-16-14-29(15-17-31)24-13-9-10-20(2)21(24)3/h6-13,19H,5,14-18H2,1-4H3. The summed E-state index contributed by atoms with van der Waals surface area (Å²) in [5, 5.41) is 4.15. The molecule has 0 unspecified atom stereocenters. The predicted octanol–water partition coefficient (Wildman–Crippen LogP) is 3.30. The Morgan fingerprint density at radius 3 is 2.34 bits per heavy atom. The van der Waals surface area contributed by atoms with Crippen LogP contribution in [0.25, 0.3) is 0 Å². The quantitative estimate of drug-likeness (QED) is 0.503. The van der Waals surface area contributed by atoms with Gasteiger partial charge < -0.3 is 9.80 Å². The molecular formula is C26H33N5O3S. The molecule has 186 valence electrons. The molecule has 8 nitrogen and oxygen atoms in total. The zero-order chi connectivity index (χ0) is 25.2. The molecule has 3 aromatic rings. The third-order valence-electron chi connectivity index (χ3n) is 6.63. The fourth-order valence-electron chi connectivity index (χ4n) is 4.41. The van der Waals surface area contributed by atoms with Crippen LogP contribution in [0.2, 0.25) is 0 Å². The minimum atomic E-state index is -3.93. The summed E-state index contributed by atoms with van der Waals surface area (Å²) >= 11 is 0. The third kappa shape index (κ3) is 5.11. The fraction of sp³-hybridized carbons (Fsp3) is 0.385. The maximum Gasteiger partial charge on any atom is 0.263 e. The number of hydrogen-bond donors (Lipinski definition) is 0. The van der Waals surface area contributed by atoms with Gasteiger partial charge in [0, 0.05) is 58.2 Å². The first kappa shape index (κ1) is 24.9. The molecule has 1 amide bonds. The van der Waals surface area contributed by atoms with E-state index in [0.717, 1.165) is 11.3 Å². The van der Waals surface area contributed by atoms with Crippen LogP contribution in [0, 0.1) is 13.8 Å². The number of piperazine rings is 1. The lowest BCUT2D eigenvalue weighted by molar-refractivity contribution is 0.0781. The SMILES string of the molecule is CCn1cc(C(=O)N(C)Cc2ccccc2)c(S(=O)(=O)N2CCN(c3cccc(C)c3C)CC2)n1. The van der Waals surface area contributed by atoms with E-state index in [9.17, 15) is 13.2 Å². The molecule has 0 bridgehead atoms. The van der Waals surface area contributed by atoms with Gasteiger partial charge >= 0.3 is 0 Å². The normalized spacial score (nSPS) is 14.8. The molecule has 0 N–H and O–H groups in total. The summed E-state index contributed by atoms with van der Waals surface area (Å²) in [5.74, 6) is -0.360. The molecule has 0 atom stereocenters. The molecule has 35 heavy (non-hydrogen) atoms. The Labute approximate surface area is 207 Å². The average molecular weight is 496 g/mol. The van der Waals surface area contributed by atoms with Gasteiger partial charge in [0.05, 0.1) is 5.56 Å². The van der Waals surface area contributed by atoms with Gasteiger partial charge in [0.25, 0.3) is 15.9 Å². The second-order valence-corrected chi connectivity index (χ2v) is 10.8. The van der Waals surface area contributed by atoms with Crippen molar-refractivity contribution in [2.45, 2.75) is 38.9 Å². The number of anilines is 1. The second-order valence-electron chi connectivity index (χ2n) is 8.96. The van der Waals surface area contributed by atoms with Crippen LogP contribution in [0.3, 0.4) is 0 Å². The van der Waals surface area contributed by atoms with Gasteiger partial charge in [-0.15, -0.1) is 0 Å². The van der Waals surface area contributed by atoms with E-state index in [1.807, 2.05) is 43.3 Å². The van der Waals surface area contributed by atoms with E-state index in [1.54, 1.807) is 13.2 Å². The molecule has 2 heterocycles. The summed E-state index contributed by atoms with van der Waals surface area (Å²) in [5.41, 5.74) is 4.64. The summed E-state index contributed by atoms with van der Waals surface area (Å²) in [6.07, 6.45) is 1.54. The molecule has 1 aliphatic heterocycles. The van der Waals surface area contributed by atoms with Crippen LogP contribution in [0.4, 0.5) is 5.69 Å². The van der Waals surface area contributed by atoms with Gasteiger partial charge in [-0.1, -0.05) is 42.5 Å². The number of nitrogens with zero attached hydrogens (tertiary/aromatic N) is 5. The predicted molar refractivity (Wildman–Crippen MR) is 137 cm³/mol. The number of carbonyl (C=O) groups is 1. The Morgan fingerprint density at radius 1 is 1.00 bits per heavy atom. The average Bonchev–Trinajstić information content (AvgIpc) is 3.31. The molecular weight excluding hydrogens is 462 g/mol. The van der Waals surface area contributed by atoms with E-state index in [0.29, 0.717) is 39.3 Å². The maximum absolute atomic E-state index is 13.6.